The molecule has 1 aromatic carbocycles. The van der Waals surface area contributed by atoms with Crippen molar-refractivity contribution in [1.82, 2.24) is 0 Å². The molecule has 1 unspecified atom stereocenters. The van der Waals surface area contributed by atoms with Gasteiger partial charge < -0.3 is 4.55 Å². The van der Waals surface area contributed by atoms with E-state index in [-0.39, 0.29) is 43.1 Å². The first-order valence-corrected chi connectivity index (χ1v) is 7.61. The third kappa shape index (κ3) is 3.40. The second-order valence-electron chi connectivity index (χ2n) is 3.35. The second kappa shape index (κ2) is 4.32. The molecule has 1 aromatic rings. The largest absolute Gasteiger partial charge is 1.00 e. The standard InChI is InChI=1S/C7H6F6O3S2.Li/c8-5-1-3-6(4-2-5)18(10,11,12,13)7(9)17(14,15)16;/h1-4,7H,(H,14,15,16);/q;+1/p-1. The van der Waals surface area contributed by atoms with Crippen LogP contribution in [0.4, 0.5) is 24.3 Å². The van der Waals surface area contributed by atoms with Gasteiger partial charge in [-0.3, -0.25) is 0 Å². The molecule has 0 amide bonds. The van der Waals surface area contributed by atoms with Crippen LogP contribution in [0.1, 0.15) is 0 Å². The predicted octanol–water partition coefficient (Wildman–Crippen LogP) is 0.401. The van der Waals surface area contributed by atoms with Crippen LogP contribution in [0, 0.1) is 5.82 Å². The van der Waals surface area contributed by atoms with Gasteiger partial charge in [0.05, 0.1) is 4.90 Å². The molecule has 0 saturated heterocycles. The Balaban J connectivity index is 0.00000324. The summed E-state index contributed by atoms with van der Waals surface area (Å²) < 4.78 is 109. The molecule has 0 aromatic heterocycles. The quantitative estimate of drug-likeness (QED) is 0.460. The minimum Gasteiger partial charge on any atom is -0.745 e. The summed E-state index contributed by atoms with van der Waals surface area (Å²) in [6.07, 6.45) is 0. The molecule has 0 bridgehead atoms. The first kappa shape index (κ1) is 18.7. The molecule has 0 N–H and O–H groups in total. The molecule has 0 aliphatic carbocycles. The molecule has 1 atom stereocenters. The number of benzene rings is 1. The molecule has 12 heteroatoms. The van der Waals surface area contributed by atoms with Gasteiger partial charge in [0, 0.05) is 0 Å². The number of alkyl halides is 1. The van der Waals surface area contributed by atoms with Crippen molar-refractivity contribution in [2.45, 2.75) is 9.73 Å². The maximum absolute atomic E-state index is 13.3. The van der Waals surface area contributed by atoms with Crippen LogP contribution in [0.5, 0.6) is 0 Å². The molecule has 0 radical (unpaired) electrons. The molecule has 0 aliphatic heterocycles. The van der Waals surface area contributed by atoms with E-state index in [9.17, 15) is 37.3 Å². The first-order valence-electron chi connectivity index (χ1n) is 4.02. The average molecular weight is 322 g/mol. The van der Waals surface area contributed by atoms with E-state index in [1.807, 2.05) is 0 Å². The fourth-order valence-electron chi connectivity index (χ4n) is 1.06. The third-order valence-corrected chi connectivity index (χ3v) is 6.23. The van der Waals surface area contributed by atoms with Crippen LogP contribution in [0.3, 0.4) is 0 Å². The van der Waals surface area contributed by atoms with Gasteiger partial charge in [0.1, 0.15) is 15.9 Å². The van der Waals surface area contributed by atoms with Gasteiger partial charge in [-0.1, -0.05) is 0 Å². The van der Waals surface area contributed by atoms with E-state index >= 15 is 0 Å². The van der Waals surface area contributed by atoms with Crippen molar-refractivity contribution in [3.8, 4) is 0 Å². The van der Waals surface area contributed by atoms with Crippen LogP contribution < -0.4 is 18.9 Å². The normalized spacial score (nSPS) is 17.8. The topological polar surface area (TPSA) is 57.2 Å². The Hall–Kier alpha value is -0.343. The SMILES string of the molecule is O=S(=O)([O-])C(F)S(F)(F)(F)(F)c1ccc(F)cc1.[Li+]. The number of hydrogen-bond acceptors (Lipinski definition) is 3. The van der Waals surface area contributed by atoms with Crippen molar-refractivity contribution in [2.75, 3.05) is 0 Å². The van der Waals surface area contributed by atoms with Crippen molar-refractivity contribution in [1.29, 1.82) is 0 Å². The zero-order valence-electron chi connectivity index (χ0n) is 9.20. The zero-order chi connectivity index (χ0) is 14.5. The Morgan fingerprint density at radius 3 is 1.74 bits per heavy atom. The van der Waals surface area contributed by atoms with E-state index in [1.165, 1.54) is 0 Å². The van der Waals surface area contributed by atoms with Gasteiger partial charge in [0.25, 0.3) is 0 Å². The smallest absolute Gasteiger partial charge is 0.745 e. The van der Waals surface area contributed by atoms with E-state index in [4.69, 9.17) is 0 Å². The zero-order valence-corrected chi connectivity index (χ0v) is 10.8. The third-order valence-electron chi connectivity index (χ3n) is 1.91. The van der Waals surface area contributed by atoms with E-state index < -0.39 is 35.5 Å². The van der Waals surface area contributed by atoms with Crippen molar-refractivity contribution in [2.24, 2.45) is 0 Å². The van der Waals surface area contributed by atoms with Crippen LogP contribution >= 0.6 is 9.84 Å². The molecule has 0 saturated carbocycles. The molecule has 0 spiro atoms. The Morgan fingerprint density at radius 2 is 1.42 bits per heavy atom. The molecule has 0 aliphatic rings. The summed E-state index contributed by atoms with van der Waals surface area (Å²) in [5.74, 6) is -1.17. The summed E-state index contributed by atoms with van der Waals surface area (Å²) >= 11 is 0. The van der Waals surface area contributed by atoms with Gasteiger partial charge in [-0.15, -0.1) is 15.5 Å². The van der Waals surface area contributed by atoms with Crippen molar-refractivity contribution in [3.63, 3.8) is 0 Å². The Labute approximate surface area is 116 Å². The van der Waals surface area contributed by atoms with Crippen molar-refractivity contribution in [3.05, 3.63) is 30.1 Å². The van der Waals surface area contributed by atoms with E-state index in [0.29, 0.717) is 0 Å². The van der Waals surface area contributed by atoms with Crippen LogP contribution in [0.15, 0.2) is 29.2 Å². The molecular formula is C7H5F6LiO3S2. The van der Waals surface area contributed by atoms with Gasteiger partial charge >= 0.3 is 23.7 Å². The number of rotatable bonds is 3. The predicted molar refractivity (Wildman–Crippen MR) is 51.3 cm³/mol. The molecule has 0 heterocycles. The summed E-state index contributed by atoms with van der Waals surface area (Å²) in [5, 5.41) is 0. The first-order chi connectivity index (χ1) is 7.68. The molecule has 1 rings (SSSR count). The van der Waals surface area contributed by atoms with E-state index in [0.717, 1.165) is 0 Å². The molecule has 3 nitrogen and oxygen atoms in total. The summed E-state index contributed by atoms with van der Waals surface area (Å²) in [7, 11) is -16.6. The van der Waals surface area contributed by atoms with Gasteiger partial charge in [-0.2, -0.15) is 0 Å². The van der Waals surface area contributed by atoms with Crippen LogP contribution in [0.25, 0.3) is 0 Å². The summed E-state index contributed by atoms with van der Waals surface area (Å²) in [6.45, 7) is 0. The van der Waals surface area contributed by atoms with Crippen LogP contribution in [0.2, 0.25) is 0 Å². The van der Waals surface area contributed by atoms with E-state index in [2.05, 4.69) is 0 Å². The molecule has 106 valence electrons. The Bertz CT molecular complexity index is 580. The van der Waals surface area contributed by atoms with Gasteiger partial charge in [-0.25, -0.2) is 17.2 Å². The summed E-state index contributed by atoms with van der Waals surface area (Å²) in [4.78, 5) is -7.55. The second-order valence-corrected chi connectivity index (χ2v) is 8.20. The van der Waals surface area contributed by atoms with Gasteiger partial charge in [-0.05, 0) is 24.3 Å². The Kier molecular flexibility index (Phi) is 4.25. The summed E-state index contributed by atoms with van der Waals surface area (Å²) in [5.41, 5.74) is 0. The average Bonchev–Trinajstić information content (AvgIpc) is 2.14. The van der Waals surface area contributed by atoms with Crippen LogP contribution in [-0.4, -0.2) is 17.8 Å². The maximum Gasteiger partial charge on any atom is 1.00 e. The van der Waals surface area contributed by atoms with Crippen molar-refractivity contribution >= 4 is 20.0 Å². The van der Waals surface area contributed by atoms with Crippen molar-refractivity contribution < 1.29 is 56.2 Å². The summed E-state index contributed by atoms with van der Waals surface area (Å²) in [6, 6.07) is -0.0150. The monoisotopic (exact) mass is 322 g/mol. The fourth-order valence-corrected chi connectivity index (χ4v) is 4.21. The maximum atomic E-state index is 13.3. The molecule has 19 heavy (non-hydrogen) atoms. The molecule has 0 fully saturated rings. The van der Waals surface area contributed by atoms with Gasteiger partial charge in [0.2, 0.25) is 9.84 Å². The Morgan fingerprint density at radius 1 is 1.05 bits per heavy atom. The van der Waals surface area contributed by atoms with Crippen LogP contribution in [-0.2, 0) is 10.1 Å². The number of halogens is 6. The minimum atomic E-state index is -10.0. The van der Waals surface area contributed by atoms with Gasteiger partial charge in [0.15, 0.2) is 0 Å². The minimum absolute atomic E-state index is 0. The fraction of sp³-hybridized carbons (Fsp3) is 0.143. The number of hydrogen-bond donors (Lipinski definition) is 0. The van der Waals surface area contributed by atoms with E-state index in [1.54, 1.807) is 0 Å². The molecular weight excluding hydrogens is 317 g/mol.